The first kappa shape index (κ1) is 11.6. The normalized spacial score (nSPS) is 10.7. The molecule has 0 aliphatic rings. The Kier molecular flexibility index (Phi) is 3.42. The van der Waals surface area contributed by atoms with Gasteiger partial charge in [-0.3, -0.25) is 4.98 Å². The molecule has 0 atom stereocenters. The Balaban J connectivity index is 2.49. The van der Waals surface area contributed by atoms with E-state index in [-0.39, 0.29) is 0 Å². The molecular weight excluding hydrogens is 212 g/mol. The van der Waals surface area contributed by atoms with E-state index in [0.29, 0.717) is 0 Å². The number of nitrogens with zero attached hydrogens (tertiary/aromatic N) is 3. The molecule has 2 rings (SSSR count). The van der Waals surface area contributed by atoms with Crippen molar-refractivity contribution >= 4 is 5.82 Å². The Morgan fingerprint density at radius 1 is 1.35 bits per heavy atom. The van der Waals surface area contributed by atoms with Crippen LogP contribution in [-0.4, -0.2) is 14.5 Å². The molecule has 0 aromatic carbocycles. The van der Waals surface area contributed by atoms with Crippen LogP contribution in [-0.2, 0) is 13.0 Å². The van der Waals surface area contributed by atoms with E-state index in [1.54, 1.807) is 12.4 Å². The monoisotopic (exact) mass is 230 g/mol. The summed E-state index contributed by atoms with van der Waals surface area (Å²) in [6.45, 7) is 5.16. The molecule has 4 nitrogen and oxygen atoms in total. The maximum atomic E-state index is 6.17. The molecule has 2 aromatic heterocycles. The summed E-state index contributed by atoms with van der Waals surface area (Å²) in [6.07, 6.45) is 5.50. The van der Waals surface area contributed by atoms with E-state index < -0.39 is 0 Å². The predicted octanol–water partition coefficient (Wildman–Crippen LogP) is 2.50. The lowest BCUT2D eigenvalue weighted by Gasteiger charge is -2.06. The Morgan fingerprint density at radius 2 is 2.18 bits per heavy atom. The molecule has 0 bridgehead atoms. The van der Waals surface area contributed by atoms with Gasteiger partial charge in [0.05, 0.1) is 0 Å². The zero-order valence-corrected chi connectivity index (χ0v) is 10.3. The molecule has 0 aliphatic carbocycles. The summed E-state index contributed by atoms with van der Waals surface area (Å²) in [6, 6.07) is 3.89. The van der Waals surface area contributed by atoms with Crippen LogP contribution in [0.15, 0.2) is 24.5 Å². The van der Waals surface area contributed by atoms with Gasteiger partial charge < -0.3 is 10.3 Å². The van der Waals surface area contributed by atoms with Crippen LogP contribution in [0.25, 0.3) is 11.3 Å². The number of nitrogen functional groups attached to an aromatic ring is 1. The first-order valence-corrected chi connectivity index (χ1v) is 6.03. The number of rotatable bonds is 4. The second-order valence-corrected chi connectivity index (χ2v) is 4.01. The highest BCUT2D eigenvalue weighted by Crippen LogP contribution is 2.26. The maximum Gasteiger partial charge on any atom is 0.131 e. The molecule has 17 heavy (non-hydrogen) atoms. The maximum absolute atomic E-state index is 6.17. The van der Waals surface area contributed by atoms with Crippen molar-refractivity contribution in [2.45, 2.75) is 33.2 Å². The second kappa shape index (κ2) is 4.99. The van der Waals surface area contributed by atoms with Crippen LogP contribution in [0.3, 0.4) is 0 Å². The molecule has 90 valence electrons. The average Bonchev–Trinajstić information content (AvgIpc) is 2.69. The van der Waals surface area contributed by atoms with E-state index in [0.717, 1.165) is 42.3 Å². The van der Waals surface area contributed by atoms with Crippen LogP contribution in [0.2, 0.25) is 0 Å². The van der Waals surface area contributed by atoms with E-state index in [1.807, 2.05) is 12.1 Å². The summed E-state index contributed by atoms with van der Waals surface area (Å²) in [5.41, 5.74) is 8.00. The van der Waals surface area contributed by atoms with E-state index in [4.69, 9.17) is 5.73 Å². The van der Waals surface area contributed by atoms with Gasteiger partial charge in [0, 0.05) is 30.9 Å². The van der Waals surface area contributed by atoms with Gasteiger partial charge in [0.1, 0.15) is 17.3 Å². The van der Waals surface area contributed by atoms with Gasteiger partial charge in [-0.05, 0) is 18.6 Å². The summed E-state index contributed by atoms with van der Waals surface area (Å²) < 4.78 is 2.10. The third-order valence-corrected chi connectivity index (χ3v) is 2.78. The van der Waals surface area contributed by atoms with E-state index >= 15 is 0 Å². The van der Waals surface area contributed by atoms with Crippen LogP contribution in [0.4, 0.5) is 5.82 Å². The third kappa shape index (κ3) is 2.16. The molecule has 0 spiro atoms. The Labute approximate surface area is 102 Å². The Hall–Kier alpha value is -1.84. The number of imidazole rings is 1. The third-order valence-electron chi connectivity index (χ3n) is 2.78. The summed E-state index contributed by atoms with van der Waals surface area (Å²) >= 11 is 0. The van der Waals surface area contributed by atoms with Crippen molar-refractivity contribution in [3.05, 3.63) is 30.4 Å². The lowest BCUT2D eigenvalue weighted by atomic mass is 10.2. The number of aromatic nitrogens is 3. The molecule has 2 aromatic rings. The molecule has 0 saturated carbocycles. The van der Waals surface area contributed by atoms with Crippen molar-refractivity contribution in [2.24, 2.45) is 0 Å². The van der Waals surface area contributed by atoms with Crippen molar-refractivity contribution in [2.75, 3.05) is 5.73 Å². The van der Waals surface area contributed by atoms with Crippen molar-refractivity contribution < 1.29 is 0 Å². The van der Waals surface area contributed by atoms with Crippen molar-refractivity contribution in [1.82, 2.24) is 14.5 Å². The topological polar surface area (TPSA) is 56.7 Å². The van der Waals surface area contributed by atoms with Gasteiger partial charge >= 0.3 is 0 Å². The molecule has 0 fully saturated rings. The Morgan fingerprint density at radius 3 is 2.76 bits per heavy atom. The van der Waals surface area contributed by atoms with E-state index in [1.165, 1.54) is 0 Å². The smallest absolute Gasteiger partial charge is 0.131 e. The minimum Gasteiger partial charge on any atom is -0.383 e. The minimum absolute atomic E-state index is 0.747. The van der Waals surface area contributed by atoms with Crippen molar-refractivity contribution in [3.8, 4) is 11.3 Å². The number of hydrogen-bond acceptors (Lipinski definition) is 3. The fourth-order valence-electron chi connectivity index (χ4n) is 1.97. The molecule has 0 radical (unpaired) electrons. The first-order valence-electron chi connectivity index (χ1n) is 6.03. The van der Waals surface area contributed by atoms with Crippen LogP contribution in [0.1, 0.15) is 26.1 Å². The first-order chi connectivity index (χ1) is 8.27. The van der Waals surface area contributed by atoms with Crippen LogP contribution < -0.4 is 5.73 Å². The molecule has 2 N–H and O–H groups in total. The summed E-state index contributed by atoms with van der Waals surface area (Å²) in [5, 5.41) is 0. The van der Waals surface area contributed by atoms with Crippen LogP contribution in [0.5, 0.6) is 0 Å². The fraction of sp³-hybridized carbons (Fsp3) is 0.385. The molecule has 0 saturated heterocycles. The molecular formula is C13H18N4. The standard InChI is InChI=1S/C13H18N4/c1-3-8-17-11(4-2)16-12(13(17)14)10-6-5-7-15-9-10/h5-7,9H,3-4,8,14H2,1-2H3. The largest absolute Gasteiger partial charge is 0.383 e. The van der Waals surface area contributed by atoms with Gasteiger partial charge in [0.15, 0.2) is 0 Å². The number of pyridine rings is 1. The summed E-state index contributed by atoms with van der Waals surface area (Å²) in [5.74, 6) is 1.79. The van der Waals surface area contributed by atoms with Crippen LogP contribution >= 0.6 is 0 Å². The highest BCUT2D eigenvalue weighted by molar-refractivity contribution is 5.70. The molecule has 0 aliphatic heterocycles. The van der Waals surface area contributed by atoms with Gasteiger partial charge in [0.25, 0.3) is 0 Å². The number of nitrogens with two attached hydrogens (primary N) is 1. The average molecular weight is 230 g/mol. The molecule has 4 heteroatoms. The minimum atomic E-state index is 0.747. The second-order valence-electron chi connectivity index (χ2n) is 4.01. The highest BCUT2D eigenvalue weighted by Gasteiger charge is 2.14. The summed E-state index contributed by atoms with van der Waals surface area (Å²) in [7, 11) is 0. The number of aryl methyl sites for hydroxylation is 1. The lowest BCUT2D eigenvalue weighted by Crippen LogP contribution is -2.06. The van der Waals surface area contributed by atoms with Gasteiger partial charge in [0.2, 0.25) is 0 Å². The van der Waals surface area contributed by atoms with Gasteiger partial charge in [-0.2, -0.15) is 0 Å². The lowest BCUT2D eigenvalue weighted by molar-refractivity contribution is 0.650. The highest BCUT2D eigenvalue weighted by atomic mass is 15.1. The fourth-order valence-corrected chi connectivity index (χ4v) is 1.97. The van der Waals surface area contributed by atoms with Crippen molar-refractivity contribution in [3.63, 3.8) is 0 Å². The zero-order valence-electron chi connectivity index (χ0n) is 10.3. The van der Waals surface area contributed by atoms with Crippen LogP contribution in [0, 0.1) is 0 Å². The predicted molar refractivity (Wildman–Crippen MR) is 69.5 cm³/mol. The van der Waals surface area contributed by atoms with Gasteiger partial charge in [-0.25, -0.2) is 4.98 Å². The zero-order chi connectivity index (χ0) is 12.3. The number of anilines is 1. The van der Waals surface area contributed by atoms with Gasteiger partial charge in [-0.15, -0.1) is 0 Å². The quantitative estimate of drug-likeness (QED) is 0.878. The number of hydrogen-bond donors (Lipinski definition) is 1. The SMILES string of the molecule is CCCn1c(CC)nc(-c2cccnc2)c1N. The van der Waals surface area contributed by atoms with E-state index in [9.17, 15) is 0 Å². The Bertz CT molecular complexity index is 488. The van der Waals surface area contributed by atoms with Gasteiger partial charge in [-0.1, -0.05) is 13.8 Å². The molecule has 0 amide bonds. The van der Waals surface area contributed by atoms with E-state index in [2.05, 4.69) is 28.4 Å². The molecule has 2 heterocycles. The van der Waals surface area contributed by atoms with Crippen molar-refractivity contribution in [1.29, 1.82) is 0 Å². The molecule has 0 unspecified atom stereocenters. The summed E-state index contributed by atoms with van der Waals surface area (Å²) in [4.78, 5) is 8.72.